The first-order valence-corrected chi connectivity index (χ1v) is 7.00. The van der Waals surface area contributed by atoms with Gasteiger partial charge in [0, 0.05) is 37.8 Å². The monoisotopic (exact) mass is 264 g/mol. The number of ether oxygens (including phenoxy) is 1. The average Bonchev–Trinajstić information content (AvgIpc) is 2.42. The highest BCUT2D eigenvalue weighted by molar-refractivity contribution is 5.37. The van der Waals surface area contributed by atoms with Gasteiger partial charge in [-0.25, -0.2) is 0 Å². The minimum Gasteiger partial charge on any atom is -0.508 e. The van der Waals surface area contributed by atoms with Crippen LogP contribution >= 0.6 is 0 Å². The minimum absolute atomic E-state index is 0.168. The predicted octanol–water partition coefficient (Wildman–Crippen LogP) is 1.68. The fourth-order valence-electron chi connectivity index (χ4n) is 2.39. The summed E-state index contributed by atoms with van der Waals surface area (Å²) in [6.45, 7) is 9.81. The molecule has 0 aromatic heterocycles. The van der Waals surface area contributed by atoms with E-state index in [1.54, 1.807) is 6.07 Å². The third kappa shape index (κ3) is 4.20. The van der Waals surface area contributed by atoms with Gasteiger partial charge in [0.05, 0.1) is 13.2 Å². The molecule has 2 N–H and O–H groups in total. The number of nitrogens with zero attached hydrogens (tertiary/aromatic N) is 1. The highest BCUT2D eigenvalue weighted by Crippen LogP contribution is 2.24. The van der Waals surface area contributed by atoms with E-state index in [1.807, 2.05) is 19.1 Å². The number of phenols is 1. The second kappa shape index (κ2) is 6.89. The Balaban J connectivity index is 1.80. The summed E-state index contributed by atoms with van der Waals surface area (Å²) in [6.07, 6.45) is 0. The lowest BCUT2D eigenvalue weighted by Crippen LogP contribution is -2.40. The van der Waals surface area contributed by atoms with Crippen molar-refractivity contribution in [3.63, 3.8) is 0 Å². The number of aromatic hydroxyl groups is 1. The van der Waals surface area contributed by atoms with Crippen LogP contribution in [0.15, 0.2) is 18.2 Å². The van der Waals surface area contributed by atoms with Gasteiger partial charge < -0.3 is 15.2 Å². The van der Waals surface area contributed by atoms with Gasteiger partial charge in [-0.1, -0.05) is 17.7 Å². The minimum atomic E-state index is 0.168. The number of aryl methyl sites for hydroxylation is 1. The highest BCUT2D eigenvalue weighted by Gasteiger charge is 2.12. The van der Waals surface area contributed by atoms with Gasteiger partial charge in [0.2, 0.25) is 0 Å². The smallest absolute Gasteiger partial charge is 0.120 e. The van der Waals surface area contributed by atoms with E-state index >= 15 is 0 Å². The first-order chi connectivity index (χ1) is 9.16. The van der Waals surface area contributed by atoms with E-state index in [0.29, 0.717) is 5.75 Å². The summed E-state index contributed by atoms with van der Waals surface area (Å²) < 4.78 is 5.33. The molecule has 0 bridgehead atoms. The number of morpholine rings is 1. The van der Waals surface area contributed by atoms with Crippen molar-refractivity contribution in [1.29, 1.82) is 0 Å². The fourth-order valence-corrected chi connectivity index (χ4v) is 2.39. The molecule has 4 nitrogen and oxygen atoms in total. The van der Waals surface area contributed by atoms with E-state index in [0.717, 1.165) is 45.0 Å². The SMILES string of the molecule is Cc1ccc(O)c(C(C)NCCN2CCOCC2)c1. The van der Waals surface area contributed by atoms with Crippen LogP contribution in [0.1, 0.15) is 24.1 Å². The maximum atomic E-state index is 9.89. The molecule has 106 valence electrons. The lowest BCUT2D eigenvalue weighted by Gasteiger charge is -2.27. The highest BCUT2D eigenvalue weighted by atomic mass is 16.5. The maximum absolute atomic E-state index is 9.89. The van der Waals surface area contributed by atoms with Crippen LogP contribution in [0.25, 0.3) is 0 Å². The van der Waals surface area contributed by atoms with Gasteiger partial charge >= 0.3 is 0 Å². The average molecular weight is 264 g/mol. The predicted molar refractivity (Wildman–Crippen MR) is 76.5 cm³/mol. The third-order valence-electron chi connectivity index (χ3n) is 3.63. The summed E-state index contributed by atoms with van der Waals surface area (Å²) in [5, 5.41) is 13.4. The number of hydrogen-bond donors (Lipinski definition) is 2. The summed E-state index contributed by atoms with van der Waals surface area (Å²) >= 11 is 0. The summed E-state index contributed by atoms with van der Waals surface area (Å²) in [7, 11) is 0. The van der Waals surface area contributed by atoms with Crippen molar-refractivity contribution in [3.05, 3.63) is 29.3 Å². The molecule has 0 saturated carbocycles. The van der Waals surface area contributed by atoms with Crippen molar-refractivity contribution < 1.29 is 9.84 Å². The molecule has 0 spiro atoms. The van der Waals surface area contributed by atoms with E-state index in [9.17, 15) is 5.11 Å². The maximum Gasteiger partial charge on any atom is 0.120 e. The molecule has 0 aliphatic carbocycles. The van der Waals surface area contributed by atoms with Crippen LogP contribution in [0.4, 0.5) is 0 Å². The Morgan fingerprint density at radius 2 is 2.11 bits per heavy atom. The molecule has 1 heterocycles. The molecule has 1 aromatic carbocycles. The topological polar surface area (TPSA) is 44.7 Å². The quantitative estimate of drug-likeness (QED) is 0.849. The largest absolute Gasteiger partial charge is 0.508 e. The van der Waals surface area contributed by atoms with Gasteiger partial charge in [-0.15, -0.1) is 0 Å². The molecule has 1 aromatic rings. The van der Waals surface area contributed by atoms with E-state index in [2.05, 4.69) is 17.1 Å². The second-order valence-electron chi connectivity index (χ2n) is 5.19. The van der Waals surface area contributed by atoms with Crippen molar-refractivity contribution in [1.82, 2.24) is 10.2 Å². The fraction of sp³-hybridized carbons (Fsp3) is 0.600. The standard InChI is InChI=1S/C15H24N2O2/c1-12-3-4-15(18)14(11-12)13(2)16-5-6-17-7-9-19-10-8-17/h3-4,11,13,16,18H,5-10H2,1-2H3. The van der Waals surface area contributed by atoms with Gasteiger partial charge in [0.1, 0.15) is 5.75 Å². The zero-order valence-electron chi connectivity index (χ0n) is 11.9. The number of benzene rings is 1. The molecule has 1 fully saturated rings. The van der Waals surface area contributed by atoms with Crippen LogP contribution in [-0.2, 0) is 4.74 Å². The molecule has 1 aliphatic heterocycles. The normalized spacial score (nSPS) is 18.4. The van der Waals surface area contributed by atoms with Crippen molar-refractivity contribution in [2.75, 3.05) is 39.4 Å². The summed E-state index contributed by atoms with van der Waals surface area (Å²) in [6, 6.07) is 5.91. The van der Waals surface area contributed by atoms with E-state index < -0.39 is 0 Å². The molecule has 2 rings (SSSR count). The Morgan fingerprint density at radius 1 is 1.37 bits per heavy atom. The van der Waals surface area contributed by atoms with Gasteiger partial charge in [-0.05, 0) is 19.9 Å². The van der Waals surface area contributed by atoms with Crippen LogP contribution in [0.2, 0.25) is 0 Å². The molecule has 1 unspecified atom stereocenters. The van der Waals surface area contributed by atoms with Gasteiger partial charge in [-0.2, -0.15) is 0 Å². The van der Waals surface area contributed by atoms with Crippen LogP contribution in [0, 0.1) is 6.92 Å². The Kier molecular flexibility index (Phi) is 5.19. The van der Waals surface area contributed by atoms with Crippen LogP contribution < -0.4 is 5.32 Å². The lowest BCUT2D eigenvalue weighted by atomic mass is 10.0. The molecule has 4 heteroatoms. The van der Waals surface area contributed by atoms with Crippen LogP contribution in [-0.4, -0.2) is 49.4 Å². The lowest BCUT2D eigenvalue weighted by molar-refractivity contribution is 0.0382. The zero-order chi connectivity index (χ0) is 13.7. The summed E-state index contributed by atoms with van der Waals surface area (Å²) in [5.74, 6) is 0.372. The molecular formula is C15H24N2O2. The number of phenolic OH excluding ortho intramolecular Hbond substituents is 1. The Bertz CT molecular complexity index is 403. The van der Waals surface area contributed by atoms with Crippen molar-refractivity contribution in [3.8, 4) is 5.75 Å². The van der Waals surface area contributed by atoms with Gasteiger partial charge in [-0.3, -0.25) is 4.90 Å². The van der Waals surface area contributed by atoms with Crippen LogP contribution in [0.3, 0.4) is 0 Å². The molecule has 19 heavy (non-hydrogen) atoms. The number of nitrogens with one attached hydrogen (secondary N) is 1. The van der Waals surface area contributed by atoms with Crippen molar-refractivity contribution >= 4 is 0 Å². The molecule has 0 radical (unpaired) electrons. The number of hydrogen-bond acceptors (Lipinski definition) is 4. The first kappa shape index (κ1) is 14.3. The van der Waals surface area contributed by atoms with Crippen molar-refractivity contribution in [2.45, 2.75) is 19.9 Å². The van der Waals surface area contributed by atoms with Gasteiger partial charge in [0.15, 0.2) is 0 Å². The Labute approximate surface area is 115 Å². The third-order valence-corrected chi connectivity index (χ3v) is 3.63. The van der Waals surface area contributed by atoms with E-state index in [-0.39, 0.29) is 6.04 Å². The Hall–Kier alpha value is -1.10. The molecule has 1 aliphatic rings. The van der Waals surface area contributed by atoms with E-state index in [4.69, 9.17) is 4.74 Å². The number of rotatable bonds is 5. The van der Waals surface area contributed by atoms with Crippen molar-refractivity contribution in [2.24, 2.45) is 0 Å². The second-order valence-corrected chi connectivity index (χ2v) is 5.19. The first-order valence-electron chi connectivity index (χ1n) is 7.00. The summed E-state index contributed by atoms with van der Waals surface area (Å²) in [4.78, 5) is 2.40. The molecule has 1 atom stereocenters. The Morgan fingerprint density at radius 3 is 2.84 bits per heavy atom. The van der Waals surface area contributed by atoms with E-state index in [1.165, 1.54) is 5.56 Å². The zero-order valence-corrected chi connectivity index (χ0v) is 11.9. The molecule has 1 saturated heterocycles. The molecule has 0 amide bonds. The molecular weight excluding hydrogens is 240 g/mol. The van der Waals surface area contributed by atoms with Gasteiger partial charge in [0.25, 0.3) is 0 Å². The van der Waals surface area contributed by atoms with Crippen LogP contribution in [0.5, 0.6) is 5.75 Å². The summed E-state index contributed by atoms with van der Waals surface area (Å²) in [5.41, 5.74) is 2.15.